The van der Waals surface area contributed by atoms with Crippen molar-refractivity contribution in [3.05, 3.63) is 22.8 Å². The van der Waals surface area contributed by atoms with Gasteiger partial charge in [-0.2, -0.15) is 10.5 Å². The number of nitriles is 2. The van der Waals surface area contributed by atoms with Crippen LogP contribution in [0, 0.1) is 77.2 Å². The average molecular weight is 381 g/mol. The predicted molar refractivity (Wildman–Crippen MR) is 113 cm³/mol. The highest BCUT2D eigenvalue weighted by atomic mass is 14.7. The van der Waals surface area contributed by atoms with Crippen LogP contribution in [-0.2, 0) is 0 Å². The molecule has 0 aromatic heterocycles. The van der Waals surface area contributed by atoms with Crippen LogP contribution in [0.2, 0.25) is 0 Å². The first-order valence-corrected chi connectivity index (χ1v) is 10.9. The van der Waals surface area contributed by atoms with E-state index < -0.39 is 0 Å². The lowest BCUT2D eigenvalue weighted by Crippen LogP contribution is -2.21. The number of fused-ring (bicyclic) bond motifs is 4. The quantitative estimate of drug-likeness (QED) is 0.522. The molecule has 7 unspecified atom stereocenters. The minimum Gasteiger partial charge on any atom is -0.317 e. The van der Waals surface area contributed by atoms with E-state index in [1.165, 1.54) is 51.9 Å². The molecule has 28 heavy (non-hydrogen) atoms. The van der Waals surface area contributed by atoms with Crippen molar-refractivity contribution in [2.45, 2.75) is 72.1 Å². The molecule has 4 fully saturated rings. The Morgan fingerprint density at radius 3 is 1.89 bits per heavy atom. The predicted octanol–water partition coefficient (Wildman–Crippen LogP) is 6.38. The highest BCUT2D eigenvalue weighted by molar-refractivity contribution is 4.99. The smallest absolute Gasteiger partial charge is 0.218 e. The monoisotopic (exact) mass is 380 g/mol. The van der Waals surface area contributed by atoms with Crippen LogP contribution in [0.4, 0.5) is 0 Å². The van der Waals surface area contributed by atoms with Crippen molar-refractivity contribution in [3.8, 4) is 12.1 Å². The maximum atomic E-state index is 8.64. The third-order valence-electron chi connectivity index (χ3n) is 7.08. The van der Waals surface area contributed by atoms with E-state index in [1.807, 2.05) is 6.92 Å². The van der Waals surface area contributed by atoms with E-state index in [0.717, 1.165) is 48.5 Å². The van der Waals surface area contributed by atoms with Gasteiger partial charge in [0.15, 0.2) is 0 Å². The van der Waals surface area contributed by atoms with E-state index in [1.54, 1.807) is 6.07 Å². The molecule has 0 saturated heterocycles. The fourth-order valence-electron chi connectivity index (χ4n) is 5.63. The van der Waals surface area contributed by atoms with Gasteiger partial charge < -0.3 is 9.69 Å². The molecule has 4 aliphatic carbocycles. The summed E-state index contributed by atoms with van der Waals surface area (Å²) in [5.41, 5.74) is 0. The first-order valence-electron chi connectivity index (χ1n) is 10.9. The normalized spacial score (nSPS) is 35.3. The Bertz CT molecular complexity index is 612. The van der Waals surface area contributed by atoms with Gasteiger partial charge in [0.25, 0.3) is 0 Å². The third-order valence-corrected chi connectivity index (χ3v) is 7.08. The van der Waals surface area contributed by atoms with Crippen molar-refractivity contribution in [2.75, 3.05) is 13.1 Å². The first kappa shape index (κ1) is 24.0. The van der Waals surface area contributed by atoms with Crippen molar-refractivity contribution in [1.29, 1.82) is 10.5 Å². The van der Waals surface area contributed by atoms with Gasteiger partial charge in [-0.1, -0.05) is 20.3 Å². The maximum absolute atomic E-state index is 8.64. The Kier molecular flexibility index (Phi) is 11.3. The van der Waals surface area contributed by atoms with Crippen molar-refractivity contribution in [3.63, 3.8) is 0 Å². The van der Waals surface area contributed by atoms with Gasteiger partial charge in [0.2, 0.25) is 13.1 Å². The zero-order valence-electron chi connectivity index (χ0n) is 17.9. The largest absolute Gasteiger partial charge is 0.317 e. The van der Waals surface area contributed by atoms with Gasteiger partial charge in [-0.3, -0.25) is 0 Å². The zero-order valence-corrected chi connectivity index (χ0v) is 17.9. The molecule has 0 aliphatic heterocycles. The summed E-state index contributed by atoms with van der Waals surface area (Å²) in [7, 11) is 0. The molecule has 0 amide bonds. The molecule has 0 aromatic rings. The number of rotatable bonds is 2. The van der Waals surface area contributed by atoms with Gasteiger partial charge in [0.05, 0.1) is 12.1 Å². The maximum Gasteiger partial charge on any atom is 0.218 e. The standard InChI is InChI=1S/C10H15N.C8H11N.C4H7N.C2H3N/c1-7-8-3-4-9(5-8)10(7)6-11-2;9-5-8-4-6-1-2-7(8)3-6;1-3-4-5-2;1-2-3/h7-10H,3-6H2,1H3;6-8H,1-4H2;3-4H2,1H3;1H3. The van der Waals surface area contributed by atoms with Crippen LogP contribution in [0.3, 0.4) is 0 Å². The Labute approximate surface area is 172 Å². The minimum absolute atomic E-state index is 0.434. The van der Waals surface area contributed by atoms with E-state index in [9.17, 15) is 0 Å². The Hall–Kier alpha value is -2.04. The summed E-state index contributed by atoms with van der Waals surface area (Å²) >= 11 is 0. The van der Waals surface area contributed by atoms with E-state index >= 15 is 0 Å². The third kappa shape index (κ3) is 6.84. The molecule has 152 valence electrons. The Morgan fingerprint density at radius 1 is 0.929 bits per heavy atom. The van der Waals surface area contributed by atoms with E-state index in [0.29, 0.717) is 12.5 Å². The van der Waals surface area contributed by atoms with Crippen molar-refractivity contribution in [2.24, 2.45) is 41.4 Å². The van der Waals surface area contributed by atoms with Crippen LogP contribution in [-0.4, -0.2) is 13.1 Å². The van der Waals surface area contributed by atoms with Gasteiger partial charge in [-0.05, 0) is 68.1 Å². The van der Waals surface area contributed by atoms with Crippen LogP contribution in [0.5, 0.6) is 0 Å². The average Bonchev–Trinajstić information content (AvgIpc) is 3.47. The summed E-state index contributed by atoms with van der Waals surface area (Å²) in [6.07, 6.45) is 10.6. The van der Waals surface area contributed by atoms with Crippen molar-refractivity contribution in [1.82, 2.24) is 0 Å². The van der Waals surface area contributed by atoms with E-state index in [2.05, 4.69) is 22.7 Å². The van der Waals surface area contributed by atoms with Crippen molar-refractivity contribution < 1.29 is 0 Å². The van der Waals surface area contributed by atoms with Crippen LogP contribution in [0.25, 0.3) is 9.69 Å². The molecule has 4 heteroatoms. The number of hydrogen-bond acceptors (Lipinski definition) is 2. The van der Waals surface area contributed by atoms with Crippen LogP contribution < -0.4 is 0 Å². The molecule has 0 N–H and O–H groups in total. The highest BCUT2D eigenvalue weighted by Gasteiger charge is 2.46. The first-order chi connectivity index (χ1) is 13.6. The molecule has 4 rings (SSSR count). The summed E-state index contributed by atoms with van der Waals surface area (Å²) in [5.74, 6) is 5.66. The van der Waals surface area contributed by atoms with E-state index in [-0.39, 0.29) is 0 Å². The molecular weight excluding hydrogens is 344 g/mol. The summed E-state index contributed by atoms with van der Waals surface area (Å²) in [6, 6.07) is 4.15. The lowest BCUT2D eigenvalue weighted by molar-refractivity contribution is 0.255. The number of nitrogens with zero attached hydrogens (tertiary/aromatic N) is 4. The summed E-state index contributed by atoms with van der Waals surface area (Å²) in [5, 5.41) is 16.0. The molecule has 0 heterocycles. The molecule has 0 radical (unpaired) electrons. The second-order valence-electron chi connectivity index (χ2n) is 8.71. The molecule has 4 aliphatic rings. The lowest BCUT2D eigenvalue weighted by Gasteiger charge is -2.23. The summed E-state index contributed by atoms with van der Waals surface area (Å²) in [4.78, 5) is 6.64. The fraction of sp³-hybridized carbons (Fsp3) is 0.833. The summed E-state index contributed by atoms with van der Waals surface area (Å²) < 4.78 is 0. The van der Waals surface area contributed by atoms with Gasteiger partial charge in [-0.25, -0.2) is 13.1 Å². The molecule has 0 spiro atoms. The molecule has 4 nitrogen and oxygen atoms in total. The van der Waals surface area contributed by atoms with Crippen LogP contribution in [0.1, 0.15) is 72.1 Å². The topological polar surface area (TPSA) is 56.3 Å². The van der Waals surface area contributed by atoms with E-state index in [4.69, 9.17) is 23.7 Å². The van der Waals surface area contributed by atoms with Gasteiger partial charge in [0, 0.05) is 25.2 Å². The highest BCUT2D eigenvalue weighted by Crippen LogP contribution is 2.52. The second-order valence-corrected chi connectivity index (χ2v) is 8.71. The molecule has 4 saturated carbocycles. The summed E-state index contributed by atoms with van der Waals surface area (Å²) in [6.45, 7) is 20.3. The van der Waals surface area contributed by atoms with Gasteiger partial charge in [-0.15, -0.1) is 0 Å². The van der Waals surface area contributed by atoms with Gasteiger partial charge >= 0.3 is 0 Å². The zero-order chi connectivity index (χ0) is 20.9. The molecule has 0 aromatic carbocycles. The fourth-order valence-corrected chi connectivity index (χ4v) is 5.63. The lowest BCUT2D eigenvalue weighted by atomic mass is 9.80. The minimum atomic E-state index is 0.434. The Morgan fingerprint density at radius 2 is 1.57 bits per heavy atom. The second kappa shape index (κ2) is 13.2. The number of hydrogen-bond donors (Lipinski definition) is 0. The molecule has 4 bridgehead atoms. The SMILES string of the molecule is CC#N.N#CC1CC2CCC1C2.[C-]#[N+]CC1C2CCC(C2)C1C.[C-]#[N+]CCC. The Balaban J connectivity index is 0.000000208. The van der Waals surface area contributed by atoms with Crippen molar-refractivity contribution >= 4 is 0 Å². The molecular formula is C24H36N4. The van der Waals surface area contributed by atoms with Gasteiger partial charge in [0.1, 0.15) is 0 Å². The molecule has 7 atom stereocenters. The van der Waals surface area contributed by atoms with Crippen LogP contribution >= 0.6 is 0 Å². The van der Waals surface area contributed by atoms with Crippen LogP contribution in [0.15, 0.2) is 0 Å².